The van der Waals surface area contributed by atoms with E-state index in [0.717, 1.165) is 0 Å². The van der Waals surface area contributed by atoms with Crippen molar-refractivity contribution in [1.29, 1.82) is 0 Å². The third kappa shape index (κ3) is 2.18. The van der Waals surface area contributed by atoms with Crippen molar-refractivity contribution in [3.63, 3.8) is 0 Å². The summed E-state index contributed by atoms with van der Waals surface area (Å²) >= 11 is 5.74. The molecule has 4 heteroatoms. The van der Waals surface area contributed by atoms with Gasteiger partial charge in [0, 0.05) is 17.1 Å². The summed E-state index contributed by atoms with van der Waals surface area (Å²) in [6.07, 6.45) is -0.843. The average Bonchev–Trinajstić information content (AvgIpc) is 2.16. The molecule has 0 aliphatic heterocycles. The second-order valence-electron chi connectivity index (χ2n) is 2.69. The monoisotopic (exact) mass is 203 g/mol. The van der Waals surface area contributed by atoms with E-state index in [4.69, 9.17) is 17.3 Å². The van der Waals surface area contributed by atoms with Crippen molar-refractivity contribution in [2.45, 2.75) is 12.8 Å². The van der Waals surface area contributed by atoms with E-state index < -0.39 is 12.8 Å². The SMILES string of the molecule is NCC(O)c1cccc(Cl)c1CF. The van der Waals surface area contributed by atoms with Crippen LogP contribution in [0.1, 0.15) is 17.2 Å². The summed E-state index contributed by atoms with van der Waals surface area (Å²) in [5.74, 6) is 0. The fourth-order valence-electron chi connectivity index (χ4n) is 1.16. The largest absolute Gasteiger partial charge is 0.387 e. The van der Waals surface area contributed by atoms with Crippen LogP contribution < -0.4 is 5.73 Å². The molecule has 0 spiro atoms. The predicted molar refractivity (Wildman–Crippen MR) is 50.3 cm³/mol. The van der Waals surface area contributed by atoms with E-state index in [9.17, 15) is 9.50 Å². The van der Waals surface area contributed by atoms with Crippen molar-refractivity contribution >= 4 is 11.6 Å². The number of aliphatic hydroxyl groups is 1. The lowest BCUT2D eigenvalue weighted by Crippen LogP contribution is -2.13. The molecule has 0 heterocycles. The summed E-state index contributed by atoms with van der Waals surface area (Å²) in [4.78, 5) is 0. The predicted octanol–water partition coefficient (Wildman–Crippen LogP) is 1.80. The first-order valence-electron chi connectivity index (χ1n) is 3.92. The third-order valence-electron chi connectivity index (χ3n) is 1.87. The smallest absolute Gasteiger partial charge is 0.116 e. The van der Waals surface area contributed by atoms with E-state index in [2.05, 4.69) is 0 Å². The maximum absolute atomic E-state index is 12.5. The molecule has 13 heavy (non-hydrogen) atoms. The van der Waals surface area contributed by atoms with Gasteiger partial charge in [0.2, 0.25) is 0 Å². The molecule has 0 aromatic heterocycles. The van der Waals surface area contributed by atoms with Gasteiger partial charge in [0.05, 0.1) is 6.10 Å². The Morgan fingerprint density at radius 3 is 2.77 bits per heavy atom. The summed E-state index contributed by atoms with van der Waals surface area (Å²) in [7, 11) is 0. The minimum absolute atomic E-state index is 0.0628. The molecule has 1 aromatic carbocycles. The highest BCUT2D eigenvalue weighted by Gasteiger charge is 2.12. The minimum atomic E-state index is -0.843. The van der Waals surface area contributed by atoms with Gasteiger partial charge in [-0.15, -0.1) is 0 Å². The molecule has 1 aromatic rings. The van der Waals surface area contributed by atoms with E-state index in [1.165, 1.54) is 0 Å². The Bertz CT molecular complexity index is 293. The molecule has 0 bridgehead atoms. The summed E-state index contributed by atoms with van der Waals surface area (Å²) in [6.45, 7) is -0.626. The van der Waals surface area contributed by atoms with Gasteiger partial charge >= 0.3 is 0 Å². The van der Waals surface area contributed by atoms with Crippen molar-refractivity contribution in [2.75, 3.05) is 6.54 Å². The van der Waals surface area contributed by atoms with Gasteiger partial charge in [-0.25, -0.2) is 4.39 Å². The van der Waals surface area contributed by atoms with Crippen LogP contribution in [0.3, 0.4) is 0 Å². The summed E-state index contributed by atoms with van der Waals surface area (Å²) < 4.78 is 12.5. The average molecular weight is 204 g/mol. The quantitative estimate of drug-likeness (QED) is 0.787. The first-order chi connectivity index (χ1) is 6.20. The molecule has 0 radical (unpaired) electrons. The van der Waals surface area contributed by atoms with Crippen LogP contribution in [0.5, 0.6) is 0 Å². The number of aliphatic hydroxyl groups excluding tert-OH is 1. The second-order valence-corrected chi connectivity index (χ2v) is 3.10. The Kier molecular flexibility index (Phi) is 3.66. The number of nitrogens with two attached hydrogens (primary N) is 1. The first-order valence-corrected chi connectivity index (χ1v) is 4.30. The lowest BCUT2D eigenvalue weighted by atomic mass is 10.0. The number of benzene rings is 1. The van der Waals surface area contributed by atoms with Gasteiger partial charge in [0.15, 0.2) is 0 Å². The zero-order valence-electron chi connectivity index (χ0n) is 7.00. The van der Waals surface area contributed by atoms with Gasteiger partial charge < -0.3 is 10.8 Å². The number of halogens is 2. The normalized spacial score (nSPS) is 12.9. The summed E-state index contributed by atoms with van der Waals surface area (Å²) in [5.41, 5.74) is 6.05. The highest BCUT2D eigenvalue weighted by molar-refractivity contribution is 6.31. The standard InChI is InChI=1S/C9H11ClFNO/c10-8-3-1-2-6(7(8)4-11)9(13)5-12/h1-3,9,13H,4-5,12H2. The topological polar surface area (TPSA) is 46.2 Å². The van der Waals surface area contributed by atoms with E-state index in [1.807, 2.05) is 0 Å². The van der Waals surface area contributed by atoms with Crippen LogP contribution in [-0.2, 0) is 6.67 Å². The molecule has 72 valence electrons. The van der Waals surface area contributed by atoms with Gasteiger partial charge in [-0.05, 0) is 11.6 Å². The van der Waals surface area contributed by atoms with E-state index in [0.29, 0.717) is 16.1 Å². The van der Waals surface area contributed by atoms with Crippen molar-refractivity contribution in [1.82, 2.24) is 0 Å². The molecule has 1 atom stereocenters. The molecule has 0 aliphatic rings. The molecule has 0 fully saturated rings. The second kappa shape index (κ2) is 4.56. The summed E-state index contributed by atoms with van der Waals surface area (Å²) in [5, 5.41) is 9.74. The highest BCUT2D eigenvalue weighted by atomic mass is 35.5. The Labute approximate surface area is 81.1 Å². The maximum atomic E-state index is 12.5. The molecule has 0 aliphatic carbocycles. The minimum Gasteiger partial charge on any atom is -0.387 e. The van der Waals surface area contributed by atoms with Gasteiger partial charge in [0.25, 0.3) is 0 Å². The summed E-state index contributed by atoms with van der Waals surface area (Å²) in [6, 6.07) is 4.87. The molecule has 0 amide bonds. The van der Waals surface area contributed by atoms with Crippen molar-refractivity contribution in [3.05, 3.63) is 34.3 Å². The molecule has 0 saturated heterocycles. The van der Waals surface area contributed by atoms with Crippen molar-refractivity contribution in [3.8, 4) is 0 Å². The Balaban J connectivity index is 3.12. The molecule has 1 rings (SSSR count). The number of hydrogen-bond acceptors (Lipinski definition) is 2. The Morgan fingerprint density at radius 2 is 2.23 bits per heavy atom. The molecule has 1 unspecified atom stereocenters. The molecular formula is C9H11ClFNO. The van der Waals surface area contributed by atoms with Crippen LogP contribution >= 0.6 is 11.6 Å². The number of alkyl halides is 1. The van der Waals surface area contributed by atoms with Gasteiger partial charge in [0.1, 0.15) is 6.67 Å². The lowest BCUT2D eigenvalue weighted by molar-refractivity contribution is 0.184. The van der Waals surface area contributed by atoms with Crippen molar-refractivity contribution < 1.29 is 9.50 Å². The van der Waals surface area contributed by atoms with Gasteiger partial charge in [-0.2, -0.15) is 0 Å². The lowest BCUT2D eigenvalue weighted by Gasteiger charge is -2.12. The highest BCUT2D eigenvalue weighted by Crippen LogP contribution is 2.25. The van der Waals surface area contributed by atoms with Crippen LogP contribution in [0.15, 0.2) is 18.2 Å². The maximum Gasteiger partial charge on any atom is 0.116 e. The van der Waals surface area contributed by atoms with E-state index in [1.54, 1.807) is 18.2 Å². The first kappa shape index (κ1) is 10.4. The number of hydrogen-bond donors (Lipinski definition) is 2. The van der Waals surface area contributed by atoms with Crippen LogP contribution in [0, 0.1) is 0 Å². The van der Waals surface area contributed by atoms with Crippen LogP contribution in [0.25, 0.3) is 0 Å². The van der Waals surface area contributed by atoms with Crippen LogP contribution in [0.4, 0.5) is 4.39 Å². The molecular weight excluding hydrogens is 193 g/mol. The fourth-order valence-corrected chi connectivity index (χ4v) is 1.39. The molecule has 3 N–H and O–H groups in total. The van der Waals surface area contributed by atoms with E-state index in [-0.39, 0.29) is 6.54 Å². The molecule has 2 nitrogen and oxygen atoms in total. The number of rotatable bonds is 3. The zero-order chi connectivity index (χ0) is 9.84. The van der Waals surface area contributed by atoms with E-state index >= 15 is 0 Å². The molecule has 0 saturated carbocycles. The fraction of sp³-hybridized carbons (Fsp3) is 0.333. The Hall–Kier alpha value is -0.640. The van der Waals surface area contributed by atoms with Crippen LogP contribution in [-0.4, -0.2) is 11.7 Å². The van der Waals surface area contributed by atoms with Gasteiger partial charge in [-0.1, -0.05) is 23.7 Å². The van der Waals surface area contributed by atoms with Crippen LogP contribution in [0.2, 0.25) is 5.02 Å². The van der Waals surface area contributed by atoms with Crippen molar-refractivity contribution in [2.24, 2.45) is 5.73 Å². The zero-order valence-corrected chi connectivity index (χ0v) is 7.76. The Morgan fingerprint density at radius 1 is 1.54 bits per heavy atom. The van der Waals surface area contributed by atoms with Gasteiger partial charge in [-0.3, -0.25) is 0 Å². The third-order valence-corrected chi connectivity index (χ3v) is 2.23.